The molecule has 5 heteroatoms. The van der Waals surface area contributed by atoms with Gasteiger partial charge in [-0.3, -0.25) is 4.79 Å². The maximum absolute atomic E-state index is 13.2. The van der Waals surface area contributed by atoms with Gasteiger partial charge in [0.25, 0.3) is 0 Å². The second-order valence-electron chi connectivity index (χ2n) is 4.13. The average molecular weight is 249 g/mol. The molecule has 18 heavy (non-hydrogen) atoms. The zero-order valence-electron chi connectivity index (χ0n) is 9.52. The van der Waals surface area contributed by atoms with Crippen molar-refractivity contribution in [2.24, 2.45) is 5.92 Å². The number of carbonyl (C=O) groups excluding carboxylic acids is 1. The summed E-state index contributed by atoms with van der Waals surface area (Å²) in [6, 6.07) is 3.51. The molecular weight excluding hydrogens is 237 g/mol. The molecule has 2 rings (SSSR count). The van der Waals surface area contributed by atoms with E-state index in [1.54, 1.807) is 0 Å². The maximum Gasteiger partial charge on any atom is 0.338 e. The average Bonchev–Trinajstić information content (AvgIpc) is 2.85. The number of benzene rings is 1. The molecule has 0 atom stereocenters. The number of allylic oxidation sites excluding steroid dienone is 2. The molecular formula is C13H12FNO3. The molecule has 0 spiro atoms. The first-order valence-corrected chi connectivity index (χ1v) is 5.56. The number of aromatic carboxylic acids is 1. The van der Waals surface area contributed by atoms with Gasteiger partial charge in [-0.25, -0.2) is 9.18 Å². The lowest BCUT2D eigenvalue weighted by Crippen LogP contribution is -2.20. The van der Waals surface area contributed by atoms with Crippen LogP contribution in [0.5, 0.6) is 0 Å². The van der Waals surface area contributed by atoms with Crippen LogP contribution >= 0.6 is 0 Å². The lowest BCUT2D eigenvalue weighted by Gasteiger charge is -2.11. The number of carbonyl (C=O) groups is 2. The minimum Gasteiger partial charge on any atom is -0.478 e. The van der Waals surface area contributed by atoms with Crippen molar-refractivity contribution in [3.63, 3.8) is 0 Å². The number of carboxylic acid groups (broad SMARTS) is 1. The number of halogens is 1. The third-order valence-corrected chi connectivity index (χ3v) is 2.84. The Hall–Kier alpha value is -2.17. The summed E-state index contributed by atoms with van der Waals surface area (Å²) in [7, 11) is 0. The number of hydrogen-bond donors (Lipinski definition) is 2. The molecule has 0 saturated carbocycles. The molecule has 0 saturated heterocycles. The highest BCUT2D eigenvalue weighted by Gasteiger charge is 2.20. The summed E-state index contributed by atoms with van der Waals surface area (Å²) in [5, 5.41) is 11.4. The Bertz CT molecular complexity index is 517. The third kappa shape index (κ3) is 2.56. The Morgan fingerprint density at radius 3 is 2.56 bits per heavy atom. The van der Waals surface area contributed by atoms with Gasteiger partial charge in [0.15, 0.2) is 0 Å². The van der Waals surface area contributed by atoms with Crippen LogP contribution < -0.4 is 5.32 Å². The van der Waals surface area contributed by atoms with Crippen molar-refractivity contribution in [2.45, 2.75) is 12.8 Å². The largest absolute Gasteiger partial charge is 0.478 e. The first kappa shape index (κ1) is 12.3. The van der Waals surface area contributed by atoms with Gasteiger partial charge in [0.1, 0.15) is 5.82 Å². The summed E-state index contributed by atoms with van der Waals surface area (Å²) in [5.41, 5.74) is -0.150. The van der Waals surface area contributed by atoms with Gasteiger partial charge in [0.2, 0.25) is 5.91 Å². The summed E-state index contributed by atoms with van der Waals surface area (Å²) in [6.07, 6.45) is 5.22. The smallest absolute Gasteiger partial charge is 0.338 e. The van der Waals surface area contributed by atoms with Crippen LogP contribution in [0.15, 0.2) is 30.4 Å². The minimum absolute atomic E-state index is 0.122. The molecule has 1 aliphatic rings. The number of hydrogen-bond acceptors (Lipinski definition) is 2. The maximum atomic E-state index is 13.2. The lowest BCUT2D eigenvalue weighted by molar-refractivity contribution is -0.119. The van der Waals surface area contributed by atoms with Crippen LogP contribution in [-0.2, 0) is 4.79 Å². The van der Waals surface area contributed by atoms with Gasteiger partial charge in [0.05, 0.1) is 5.56 Å². The van der Waals surface area contributed by atoms with Crippen molar-refractivity contribution in [3.05, 3.63) is 41.7 Å². The van der Waals surface area contributed by atoms with Crippen LogP contribution in [0, 0.1) is 11.7 Å². The van der Waals surface area contributed by atoms with Crippen molar-refractivity contribution < 1.29 is 19.1 Å². The quantitative estimate of drug-likeness (QED) is 0.808. The zero-order valence-corrected chi connectivity index (χ0v) is 9.52. The summed E-state index contributed by atoms with van der Waals surface area (Å²) in [4.78, 5) is 22.5. The summed E-state index contributed by atoms with van der Waals surface area (Å²) in [5.74, 6) is -2.47. The standard InChI is InChI=1S/C13H12FNO3/c14-11-6-5-9(7-10(11)13(17)18)15-12(16)8-3-1-2-4-8/h1-2,5-8H,3-4H2,(H,15,16)(H,17,18). The minimum atomic E-state index is -1.36. The van der Waals surface area contributed by atoms with Gasteiger partial charge in [-0.2, -0.15) is 0 Å². The number of carboxylic acids is 1. The predicted octanol–water partition coefficient (Wildman–Crippen LogP) is 2.43. The van der Waals surface area contributed by atoms with Crippen molar-refractivity contribution in [1.82, 2.24) is 0 Å². The van der Waals surface area contributed by atoms with Crippen molar-refractivity contribution in [3.8, 4) is 0 Å². The molecule has 0 fully saturated rings. The predicted molar refractivity (Wildman–Crippen MR) is 63.9 cm³/mol. The van der Waals surface area contributed by atoms with E-state index < -0.39 is 17.3 Å². The first-order chi connectivity index (χ1) is 8.58. The van der Waals surface area contributed by atoms with Crippen LogP contribution in [-0.4, -0.2) is 17.0 Å². The Labute approximate surface area is 103 Å². The van der Waals surface area contributed by atoms with Crippen LogP contribution in [0.1, 0.15) is 23.2 Å². The normalized spacial score (nSPS) is 14.7. The highest BCUT2D eigenvalue weighted by Crippen LogP contribution is 2.21. The Balaban J connectivity index is 2.12. The molecule has 0 bridgehead atoms. The van der Waals surface area contributed by atoms with Gasteiger partial charge < -0.3 is 10.4 Å². The number of rotatable bonds is 3. The first-order valence-electron chi connectivity index (χ1n) is 5.56. The molecule has 1 amide bonds. The summed E-state index contributed by atoms with van der Waals surface area (Å²) < 4.78 is 13.2. The van der Waals surface area contributed by atoms with E-state index in [0.717, 1.165) is 12.1 Å². The molecule has 4 nitrogen and oxygen atoms in total. The number of nitrogens with one attached hydrogen (secondary N) is 1. The fourth-order valence-electron chi connectivity index (χ4n) is 1.84. The summed E-state index contributed by atoms with van der Waals surface area (Å²) in [6.45, 7) is 0. The molecule has 1 aliphatic carbocycles. The van der Waals surface area contributed by atoms with E-state index in [-0.39, 0.29) is 11.8 Å². The van der Waals surface area contributed by atoms with Crippen molar-refractivity contribution >= 4 is 17.6 Å². The Morgan fingerprint density at radius 2 is 1.94 bits per heavy atom. The van der Waals surface area contributed by atoms with Crippen LogP contribution in [0.2, 0.25) is 0 Å². The highest BCUT2D eigenvalue weighted by molar-refractivity contribution is 5.95. The SMILES string of the molecule is O=C(O)c1cc(NC(=O)C2CC=CC2)ccc1F. The number of amides is 1. The van der Waals surface area contributed by atoms with Crippen LogP contribution in [0.25, 0.3) is 0 Å². The van der Waals surface area contributed by atoms with E-state index in [2.05, 4.69) is 5.32 Å². The molecule has 0 aromatic heterocycles. The van der Waals surface area contributed by atoms with Crippen molar-refractivity contribution in [2.75, 3.05) is 5.32 Å². The lowest BCUT2D eigenvalue weighted by atomic mass is 10.1. The zero-order chi connectivity index (χ0) is 13.1. The molecule has 0 unspecified atom stereocenters. The number of anilines is 1. The fraction of sp³-hybridized carbons (Fsp3) is 0.231. The van der Waals surface area contributed by atoms with E-state index in [9.17, 15) is 14.0 Å². The molecule has 2 N–H and O–H groups in total. The van der Waals surface area contributed by atoms with Gasteiger partial charge >= 0.3 is 5.97 Å². The molecule has 0 aliphatic heterocycles. The Morgan fingerprint density at radius 1 is 1.28 bits per heavy atom. The van der Waals surface area contributed by atoms with Gasteiger partial charge in [-0.1, -0.05) is 12.2 Å². The molecule has 1 aromatic carbocycles. The van der Waals surface area contributed by atoms with E-state index >= 15 is 0 Å². The van der Waals surface area contributed by atoms with Crippen LogP contribution in [0.4, 0.5) is 10.1 Å². The van der Waals surface area contributed by atoms with Crippen LogP contribution in [0.3, 0.4) is 0 Å². The van der Waals surface area contributed by atoms with Crippen molar-refractivity contribution in [1.29, 1.82) is 0 Å². The van der Waals surface area contributed by atoms with E-state index in [1.807, 2.05) is 12.2 Å². The van der Waals surface area contributed by atoms with E-state index in [0.29, 0.717) is 18.5 Å². The van der Waals surface area contributed by atoms with Gasteiger partial charge in [0, 0.05) is 11.6 Å². The third-order valence-electron chi connectivity index (χ3n) is 2.84. The van der Waals surface area contributed by atoms with E-state index in [1.165, 1.54) is 6.07 Å². The second kappa shape index (κ2) is 5.00. The highest BCUT2D eigenvalue weighted by atomic mass is 19.1. The molecule has 0 heterocycles. The topological polar surface area (TPSA) is 66.4 Å². The second-order valence-corrected chi connectivity index (χ2v) is 4.13. The molecule has 1 aromatic rings. The fourth-order valence-corrected chi connectivity index (χ4v) is 1.84. The molecule has 94 valence electrons. The van der Waals surface area contributed by atoms with Gasteiger partial charge in [-0.05, 0) is 31.0 Å². The van der Waals surface area contributed by atoms with Gasteiger partial charge in [-0.15, -0.1) is 0 Å². The monoisotopic (exact) mass is 249 g/mol. The summed E-state index contributed by atoms with van der Waals surface area (Å²) >= 11 is 0. The Kier molecular flexibility index (Phi) is 3.41. The molecule has 0 radical (unpaired) electrons. The van der Waals surface area contributed by atoms with E-state index in [4.69, 9.17) is 5.11 Å².